The van der Waals surface area contributed by atoms with E-state index in [9.17, 15) is 0 Å². The molecule has 0 bridgehead atoms. The first-order chi connectivity index (χ1) is 9.13. The largest absolute Gasteiger partial charge is 0.373 e. The third kappa shape index (κ3) is 3.24. The topological polar surface area (TPSA) is 37.8 Å². The molecule has 0 unspecified atom stereocenters. The van der Waals surface area contributed by atoms with Crippen LogP contribution in [-0.2, 0) is 12.8 Å². The van der Waals surface area contributed by atoms with Crippen molar-refractivity contribution in [3.05, 3.63) is 51.9 Å². The maximum atomic E-state index is 5.89. The number of nitrogens with zero attached hydrogens (tertiary/aromatic N) is 2. The van der Waals surface area contributed by atoms with Crippen LogP contribution < -0.4 is 5.32 Å². The Morgan fingerprint density at radius 1 is 1.16 bits per heavy atom. The average Bonchev–Trinajstić information content (AvgIpc) is 2.43. The summed E-state index contributed by atoms with van der Waals surface area (Å²) in [6.45, 7) is 4.16. The van der Waals surface area contributed by atoms with Crippen LogP contribution in [0.3, 0.4) is 0 Å². The SMILES string of the molecule is CCc1nc(Cc2ccc(Cl)cc2)nc(NC)c1C. The second-order valence-electron chi connectivity index (χ2n) is 4.47. The van der Waals surface area contributed by atoms with Crippen LogP contribution in [0.1, 0.15) is 29.6 Å². The molecule has 0 fully saturated rings. The summed E-state index contributed by atoms with van der Waals surface area (Å²) in [5.74, 6) is 1.75. The van der Waals surface area contributed by atoms with Crippen LogP contribution in [-0.4, -0.2) is 17.0 Å². The van der Waals surface area contributed by atoms with Crippen molar-refractivity contribution in [2.75, 3.05) is 12.4 Å². The Labute approximate surface area is 119 Å². The van der Waals surface area contributed by atoms with Gasteiger partial charge in [0.2, 0.25) is 0 Å². The molecule has 0 saturated carbocycles. The Kier molecular flexibility index (Phi) is 4.38. The van der Waals surface area contributed by atoms with Crippen molar-refractivity contribution >= 4 is 17.4 Å². The van der Waals surface area contributed by atoms with Gasteiger partial charge in [-0.3, -0.25) is 0 Å². The highest BCUT2D eigenvalue weighted by Crippen LogP contribution is 2.18. The van der Waals surface area contributed by atoms with Gasteiger partial charge in [0.05, 0.1) is 0 Å². The molecule has 1 heterocycles. The van der Waals surface area contributed by atoms with Crippen molar-refractivity contribution in [1.29, 1.82) is 0 Å². The number of rotatable bonds is 4. The van der Waals surface area contributed by atoms with E-state index < -0.39 is 0 Å². The van der Waals surface area contributed by atoms with Gasteiger partial charge in [0.15, 0.2) is 0 Å². The van der Waals surface area contributed by atoms with Crippen LogP contribution in [0.15, 0.2) is 24.3 Å². The third-order valence-electron chi connectivity index (χ3n) is 3.14. The predicted molar refractivity (Wildman–Crippen MR) is 80.0 cm³/mol. The predicted octanol–water partition coefficient (Wildman–Crippen LogP) is 3.63. The summed E-state index contributed by atoms with van der Waals surface area (Å²) in [5.41, 5.74) is 3.39. The van der Waals surface area contributed by atoms with Gasteiger partial charge in [-0.25, -0.2) is 9.97 Å². The van der Waals surface area contributed by atoms with Crippen molar-refractivity contribution in [3.8, 4) is 0 Å². The van der Waals surface area contributed by atoms with Crippen LogP contribution in [0.2, 0.25) is 5.02 Å². The average molecular weight is 276 g/mol. The molecule has 1 aromatic heterocycles. The number of hydrogen-bond donors (Lipinski definition) is 1. The number of aromatic nitrogens is 2. The number of hydrogen-bond acceptors (Lipinski definition) is 3. The van der Waals surface area contributed by atoms with Crippen molar-refractivity contribution in [2.24, 2.45) is 0 Å². The van der Waals surface area contributed by atoms with Crippen LogP contribution in [0.25, 0.3) is 0 Å². The molecule has 19 heavy (non-hydrogen) atoms. The maximum absolute atomic E-state index is 5.89. The van der Waals surface area contributed by atoms with E-state index in [-0.39, 0.29) is 0 Å². The highest BCUT2D eigenvalue weighted by Gasteiger charge is 2.09. The minimum absolute atomic E-state index is 0.721. The van der Waals surface area contributed by atoms with Crippen LogP contribution in [0.5, 0.6) is 0 Å². The summed E-state index contributed by atoms with van der Waals surface area (Å²) in [7, 11) is 1.89. The molecule has 2 aromatic rings. The third-order valence-corrected chi connectivity index (χ3v) is 3.39. The Bertz CT molecular complexity index is 539. The zero-order valence-corrected chi connectivity index (χ0v) is 12.3. The second-order valence-corrected chi connectivity index (χ2v) is 4.90. The van der Waals surface area contributed by atoms with Crippen LogP contribution in [0, 0.1) is 6.92 Å². The molecular formula is C15H18ClN3. The highest BCUT2D eigenvalue weighted by molar-refractivity contribution is 6.30. The summed E-state index contributed by atoms with van der Waals surface area (Å²) in [4.78, 5) is 9.19. The first-order valence-electron chi connectivity index (χ1n) is 6.42. The van der Waals surface area contributed by atoms with E-state index in [2.05, 4.69) is 29.1 Å². The van der Waals surface area contributed by atoms with Crippen molar-refractivity contribution < 1.29 is 0 Å². The van der Waals surface area contributed by atoms with Gasteiger partial charge < -0.3 is 5.32 Å². The molecule has 0 aliphatic carbocycles. The molecule has 0 radical (unpaired) electrons. The number of aryl methyl sites for hydroxylation is 1. The van der Waals surface area contributed by atoms with Gasteiger partial charge in [-0.15, -0.1) is 0 Å². The minimum Gasteiger partial charge on any atom is -0.373 e. The number of nitrogens with one attached hydrogen (secondary N) is 1. The molecule has 1 aromatic carbocycles. The number of halogens is 1. The van der Waals surface area contributed by atoms with Crippen molar-refractivity contribution in [2.45, 2.75) is 26.7 Å². The molecule has 0 aliphatic heterocycles. The van der Waals surface area contributed by atoms with Gasteiger partial charge >= 0.3 is 0 Å². The first-order valence-corrected chi connectivity index (χ1v) is 6.80. The van der Waals surface area contributed by atoms with E-state index in [1.807, 2.05) is 31.3 Å². The summed E-state index contributed by atoms with van der Waals surface area (Å²) in [5, 5.41) is 3.88. The van der Waals surface area contributed by atoms with Gasteiger partial charge in [0.25, 0.3) is 0 Å². The Morgan fingerprint density at radius 2 is 1.84 bits per heavy atom. The summed E-state index contributed by atoms with van der Waals surface area (Å²) in [6, 6.07) is 7.81. The van der Waals surface area contributed by atoms with E-state index in [1.165, 1.54) is 0 Å². The van der Waals surface area contributed by atoms with Crippen molar-refractivity contribution in [1.82, 2.24) is 9.97 Å². The molecule has 0 amide bonds. The highest BCUT2D eigenvalue weighted by atomic mass is 35.5. The monoisotopic (exact) mass is 275 g/mol. The summed E-state index contributed by atoms with van der Waals surface area (Å²) >= 11 is 5.89. The first kappa shape index (κ1) is 13.8. The Morgan fingerprint density at radius 3 is 2.42 bits per heavy atom. The summed E-state index contributed by atoms with van der Waals surface area (Å²) in [6.07, 6.45) is 1.63. The quantitative estimate of drug-likeness (QED) is 0.926. The van der Waals surface area contributed by atoms with Crippen LogP contribution in [0.4, 0.5) is 5.82 Å². The molecule has 0 spiro atoms. The lowest BCUT2D eigenvalue weighted by atomic mass is 10.1. The van der Waals surface area contributed by atoms with Crippen LogP contribution >= 0.6 is 11.6 Å². The normalized spacial score (nSPS) is 10.5. The van der Waals surface area contributed by atoms with Gasteiger partial charge in [-0.2, -0.15) is 0 Å². The molecular weight excluding hydrogens is 258 g/mol. The zero-order chi connectivity index (χ0) is 13.8. The molecule has 0 atom stereocenters. The minimum atomic E-state index is 0.721. The van der Waals surface area contributed by atoms with Gasteiger partial charge in [-0.05, 0) is 31.0 Å². The lowest BCUT2D eigenvalue weighted by Gasteiger charge is -2.11. The molecule has 0 saturated heterocycles. The van der Waals surface area contributed by atoms with E-state index in [0.29, 0.717) is 0 Å². The molecule has 3 nitrogen and oxygen atoms in total. The van der Waals surface area contributed by atoms with E-state index >= 15 is 0 Å². The fraction of sp³-hybridized carbons (Fsp3) is 0.333. The van der Waals surface area contributed by atoms with E-state index in [4.69, 9.17) is 11.6 Å². The van der Waals surface area contributed by atoms with Crippen molar-refractivity contribution in [3.63, 3.8) is 0 Å². The standard InChI is InChI=1S/C15H18ClN3/c1-4-13-10(2)15(17-3)19-14(18-13)9-11-5-7-12(16)8-6-11/h5-8H,4,9H2,1-3H3,(H,17,18,19). The van der Waals surface area contributed by atoms with Gasteiger partial charge in [0, 0.05) is 29.7 Å². The lowest BCUT2D eigenvalue weighted by molar-refractivity contribution is 0.891. The smallest absolute Gasteiger partial charge is 0.135 e. The van der Waals surface area contributed by atoms with Gasteiger partial charge in [-0.1, -0.05) is 30.7 Å². The van der Waals surface area contributed by atoms with Gasteiger partial charge in [0.1, 0.15) is 11.6 Å². The molecule has 4 heteroatoms. The fourth-order valence-electron chi connectivity index (χ4n) is 2.07. The molecule has 100 valence electrons. The fourth-order valence-corrected chi connectivity index (χ4v) is 2.19. The molecule has 1 N–H and O–H groups in total. The second kappa shape index (κ2) is 6.02. The van der Waals surface area contributed by atoms with E-state index in [1.54, 1.807) is 0 Å². The zero-order valence-electron chi connectivity index (χ0n) is 11.5. The molecule has 2 rings (SSSR count). The number of benzene rings is 1. The number of anilines is 1. The molecule has 0 aliphatic rings. The lowest BCUT2D eigenvalue weighted by Crippen LogP contribution is -2.07. The Hall–Kier alpha value is -1.61. The summed E-state index contributed by atoms with van der Waals surface area (Å²) < 4.78 is 0. The Balaban J connectivity index is 2.32. The maximum Gasteiger partial charge on any atom is 0.135 e. The van der Waals surface area contributed by atoms with E-state index in [0.717, 1.165) is 46.3 Å².